The van der Waals surface area contributed by atoms with Crippen LogP contribution in [-0.4, -0.2) is 70.2 Å². The molecule has 2 aromatic rings. The van der Waals surface area contributed by atoms with Crippen LogP contribution < -0.4 is 16.4 Å². The number of carbonyl (C=O) groups excluding carboxylic acids is 4. The number of nitrogens with one attached hydrogen (secondary N) is 2. The maximum atomic E-state index is 13.6. The molecule has 3 atom stereocenters. The third kappa shape index (κ3) is 6.85. The maximum Gasteiger partial charge on any atom is 0.313 e. The Hall–Kier alpha value is -3.79. The number of hydrogen-bond acceptors (Lipinski definition) is 5. The number of benzene rings is 2. The highest BCUT2D eigenvalue weighted by Crippen LogP contribution is 2.30. The molecular weight excluding hydrogens is 513 g/mol. The molecule has 1 saturated heterocycles. The van der Waals surface area contributed by atoms with E-state index in [0.717, 1.165) is 18.4 Å². The summed E-state index contributed by atoms with van der Waals surface area (Å²) < 4.78 is 13.2. The van der Waals surface area contributed by atoms with Gasteiger partial charge in [0.25, 0.3) is 0 Å². The van der Waals surface area contributed by atoms with Crippen molar-refractivity contribution in [1.29, 1.82) is 0 Å². The minimum Gasteiger partial charge on any atom is -0.349 e. The number of nitrogens with zero attached hydrogens (tertiary/aromatic N) is 2. The lowest BCUT2D eigenvalue weighted by Gasteiger charge is -2.43. The molecule has 0 aromatic heterocycles. The van der Waals surface area contributed by atoms with Crippen LogP contribution in [0.15, 0.2) is 54.6 Å². The molecule has 40 heavy (non-hydrogen) atoms. The van der Waals surface area contributed by atoms with Crippen LogP contribution in [0.5, 0.6) is 0 Å². The maximum absolute atomic E-state index is 13.6. The van der Waals surface area contributed by atoms with Gasteiger partial charge in [0.05, 0.1) is 0 Å². The van der Waals surface area contributed by atoms with Gasteiger partial charge in [-0.05, 0) is 69.4 Å². The van der Waals surface area contributed by atoms with E-state index < -0.39 is 47.1 Å². The lowest BCUT2D eigenvalue weighted by molar-refractivity contribution is -0.163. The first-order valence-corrected chi connectivity index (χ1v) is 13.8. The molecule has 2 aliphatic rings. The predicted molar refractivity (Wildman–Crippen MR) is 149 cm³/mol. The Labute approximate surface area is 234 Å². The summed E-state index contributed by atoms with van der Waals surface area (Å²) in [6, 6.07) is 14.0. The van der Waals surface area contributed by atoms with Crippen LogP contribution in [0, 0.1) is 11.7 Å². The lowest BCUT2D eigenvalue weighted by atomic mass is 9.90. The van der Waals surface area contributed by atoms with E-state index in [2.05, 4.69) is 10.6 Å². The third-order valence-electron chi connectivity index (χ3n) is 7.79. The largest absolute Gasteiger partial charge is 0.349 e. The highest BCUT2D eigenvalue weighted by molar-refractivity contribution is 6.36. The molecule has 10 heteroatoms. The second-order valence-corrected chi connectivity index (χ2v) is 11.3. The normalized spacial score (nSPS) is 18.2. The van der Waals surface area contributed by atoms with E-state index in [1.54, 1.807) is 25.7 Å². The molecular formula is C30H38FN5O4. The van der Waals surface area contributed by atoms with Crippen LogP contribution in [0.2, 0.25) is 0 Å². The molecule has 1 saturated carbocycles. The van der Waals surface area contributed by atoms with Crippen molar-refractivity contribution in [3.63, 3.8) is 0 Å². The molecule has 9 nitrogen and oxygen atoms in total. The Balaban J connectivity index is 1.44. The first-order valence-electron chi connectivity index (χ1n) is 13.8. The highest BCUT2D eigenvalue weighted by atomic mass is 19.1. The Morgan fingerprint density at radius 3 is 2.30 bits per heavy atom. The van der Waals surface area contributed by atoms with Crippen LogP contribution in [0.1, 0.15) is 45.6 Å². The molecule has 4 amide bonds. The van der Waals surface area contributed by atoms with E-state index in [4.69, 9.17) is 5.73 Å². The number of nitrogens with two attached hydrogens (primary N) is 1. The lowest BCUT2D eigenvalue weighted by Crippen LogP contribution is -2.66. The molecule has 2 fully saturated rings. The van der Waals surface area contributed by atoms with Gasteiger partial charge in [0.15, 0.2) is 0 Å². The number of anilines is 1. The Bertz CT molecular complexity index is 1230. The van der Waals surface area contributed by atoms with Gasteiger partial charge in [-0.1, -0.05) is 37.3 Å². The third-order valence-corrected chi connectivity index (χ3v) is 7.79. The quantitative estimate of drug-likeness (QED) is 0.370. The van der Waals surface area contributed by atoms with Crippen LogP contribution in [0.3, 0.4) is 0 Å². The molecule has 4 N–H and O–H groups in total. The summed E-state index contributed by atoms with van der Waals surface area (Å²) in [6.45, 7) is 5.68. The van der Waals surface area contributed by atoms with E-state index in [9.17, 15) is 23.6 Å². The van der Waals surface area contributed by atoms with E-state index in [1.165, 1.54) is 29.2 Å². The summed E-state index contributed by atoms with van der Waals surface area (Å²) in [6.07, 6.45) is 2.49. The van der Waals surface area contributed by atoms with Crippen LogP contribution in [-0.2, 0) is 25.6 Å². The van der Waals surface area contributed by atoms with Gasteiger partial charge in [0.2, 0.25) is 11.8 Å². The fourth-order valence-corrected chi connectivity index (χ4v) is 5.04. The number of amides is 4. The van der Waals surface area contributed by atoms with Crippen molar-refractivity contribution in [1.82, 2.24) is 15.1 Å². The Morgan fingerprint density at radius 1 is 1.02 bits per heavy atom. The molecule has 214 valence electrons. The van der Waals surface area contributed by atoms with Crippen molar-refractivity contribution in [3.8, 4) is 0 Å². The fraction of sp³-hybridized carbons (Fsp3) is 0.467. The molecule has 1 aliphatic heterocycles. The van der Waals surface area contributed by atoms with Crippen LogP contribution >= 0.6 is 0 Å². The van der Waals surface area contributed by atoms with Crippen molar-refractivity contribution >= 4 is 29.3 Å². The second kappa shape index (κ2) is 12.2. The molecule has 2 aromatic carbocycles. The fourth-order valence-electron chi connectivity index (χ4n) is 5.04. The zero-order valence-electron chi connectivity index (χ0n) is 23.2. The standard InChI is InChI=1S/C30H38FN5O4/c1-19(26(37)33-22-11-9-21(31)10-12-22)17-24(32)25(18-20-7-5-4-6-8-20)34-29(40)30(2,3)36-16-15-35(23-13-14-23)27(38)28(36)39/h4-12,19,23-25H,13-18,32H2,1-3H3,(H,33,37)(H,34,40)/t19-,24+,25+/m1/s1. The zero-order valence-corrected chi connectivity index (χ0v) is 23.2. The van der Waals surface area contributed by atoms with Gasteiger partial charge in [-0.25, -0.2) is 4.39 Å². The van der Waals surface area contributed by atoms with Gasteiger partial charge in [0, 0.05) is 42.8 Å². The number of carbonyl (C=O) groups is 4. The molecule has 0 radical (unpaired) electrons. The van der Waals surface area contributed by atoms with Gasteiger partial charge < -0.3 is 26.2 Å². The van der Waals surface area contributed by atoms with Crippen LogP contribution in [0.25, 0.3) is 0 Å². The topological polar surface area (TPSA) is 125 Å². The van der Waals surface area contributed by atoms with Gasteiger partial charge in [-0.15, -0.1) is 0 Å². The summed E-state index contributed by atoms with van der Waals surface area (Å²) in [5.41, 5.74) is 6.75. The van der Waals surface area contributed by atoms with E-state index in [0.29, 0.717) is 18.7 Å². The van der Waals surface area contributed by atoms with Gasteiger partial charge >= 0.3 is 11.8 Å². The van der Waals surface area contributed by atoms with E-state index >= 15 is 0 Å². The Kier molecular flexibility index (Phi) is 8.88. The molecule has 0 spiro atoms. The van der Waals surface area contributed by atoms with Crippen molar-refractivity contribution in [2.75, 3.05) is 18.4 Å². The molecule has 4 rings (SSSR count). The molecule has 0 bridgehead atoms. The van der Waals surface area contributed by atoms with Crippen molar-refractivity contribution in [2.45, 2.75) is 70.1 Å². The first kappa shape index (κ1) is 29.2. The SMILES string of the molecule is C[C@H](C[C@H](N)[C@H](Cc1ccccc1)NC(=O)C(C)(C)N1CCN(C2CC2)C(=O)C1=O)C(=O)Nc1ccc(F)cc1. The highest BCUT2D eigenvalue weighted by Gasteiger charge is 2.47. The summed E-state index contributed by atoms with van der Waals surface area (Å²) in [7, 11) is 0. The second-order valence-electron chi connectivity index (χ2n) is 11.3. The van der Waals surface area contributed by atoms with Gasteiger partial charge in [0.1, 0.15) is 11.4 Å². The average molecular weight is 552 g/mol. The van der Waals surface area contributed by atoms with Crippen molar-refractivity contribution in [3.05, 3.63) is 66.0 Å². The van der Waals surface area contributed by atoms with E-state index in [-0.39, 0.29) is 24.9 Å². The minimum atomic E-state index is -1.29. The van der Waals surface area contributed by atoms with Crippen LogP contribution in [0.4, 0.5) is 10.1 Å². The number of halogens is 1. The summed E-state index contributed by atoms with van der Waals surface area (Å²) in [4.78, 5) is 55.1. The number of rotatable bonds is 11. The monoisotopic (exact) mass is 551 g/mol. The first-order chi connectivity index (χ1) is 19.0. The van der Waals surface area contributed by atoms with Gasteiger partial charge in [-0.3, -0.25) is 19.2 Å². The molecule has 1 heterocycles. The summed E-state index contributed by atoms with van der Waals surface area (Å²) in [5, 5.41) is 5.80. The number of hydrogen-bond donors (Lipinski definition) is 3. The zero-order chi connectivity index (χ0) is 29.0. The number of piperazine rings is 1. The smallest absolute Gasteiger partial charge is 0.313 e. The minimum absolute atomic E-state index is 0.131. The molecule has 1 aliphatic carbocycles. The predicted octanol–water partition coefficient (Wildman–Crippen LogP) is 2.46. The average Bonchev–Trinajstić information content (AvgIpc) is 3.76. The van der Waals surface area contributed by atoms with E-state index in [1.807, 2.05) is 30.3 Å². The summed E-state index contributed by atoms with van der Waals surface area (Å²) >= 11 is 0. The van der Waals surface area contributed by atoms with Gasteiger partial charge in [-0.2, -0.15) is 0 Å². The van der Waals surface area contributed by atoms with Crippen molar-refractivity contribution in [2.24, 2.45) is 11.7 Å². The summed E-state index contributed by atoms with van der Waals surface area (Å²) in [5.74, 6) is -2.83. The van der Waals surface area contributed by atoms with Crippen molar-refractivity contribution < 1.29 is 23.6 Å². The Morgan fingerprint density at radius 2 is 1.68 bits per heavy atom. The molecule has 0 unspecified atom stereocenters.